The van der Waals surface area contributed by atoms with Crippen molar-refractivity contribution in [2.45, 2.75) is 19.4 Å². The fraction of sp³-hybridized carbons (Fsp3) is 0.500. The van der Waals surface area contributed by atoms with Gasteiger partial charge < -0.3 is 14.8 Å². The van der Waals surface area contributed by atoms with Crippen molar-refractivity contribution in [2.24, 2.45) is 5.16 Å². The molecule has 0 radical (unpaired) electrons. The first-order valence-corrected chi connectivity index (χ1v) is 4.78. The lowest BCUT2D eigenvalue weighted by Crippen LogP contribution is -2.39. The molecule has 1 N–H and O–H groups in total. The maximum absolute atomic E-state index is 11.8. The molecule has 6 heteroatoms. The number of rotatable bonds is 4. The Labute approximate surface area is 92.9 Å². The van der Waals surface area contributed by atoms with Gasteiger partial charge in [-0.15, -0.1) is 6.42 Å². The van der Waals surface area contributed by atoms with Crippen LogP contribution in [0.25, 0.3) is 0 Å². The van der Waals surface area contributed by atoms with Gasteiger partial charge >= 0.3 is 5.97 Å². The average Bonchev–Trinajstić information content (AvgIpc) is 2.74. The third-order valence-electron chi connectivity index (χ3n) is 2.17. The molecule has 86 valence electrons. The van der Waals surface area contributed by atoms with Gasteiger partial charge in [0.25, 0.3) is 5.91 Å². The summed E-state index contributed by atoms with van der Waals surface area (Å²) in [6, 6.07) is 0. The molecule has 1 aliphatic rings. The van der Waals surface area contributed by atoms with Crippen LogP contribution in [0.3, 0.4) is 0 Å². The first-order valence-electron chi connectivity index (χ1n) is 4.78. The molecule has 1 unspecified atom stereocenters. The van der Waals surface area contributed by atoms with Crippen molar-refractivity contribution >= 4 is 17.6 Å². The number of carbonyl (C=O) groups excluding carboxylic acids is 1. The van der Waals surface area contributed by atoms with Crippen molar-refractivity contribution in [3.8, 4) is 12.3 Å². The number of carboxylic acids is 1. The zero-order valence-corrected chi connectivity index (χ0v) is 8.84. The molecule has 0 saturated heterocycles. The lowest BCUT2D eigenvalue weighted by Gasteiger charge is -2.20. The Hall–Kier alpha value is -2.03. The highest BCUT2D eigenvalue weighted by Gasteiger charge is 2.33. The molecule has 0 aromatic rings. The van der Waals surface area contributed by atoms with Crippen LogP contribution in [-0.2, 0) is 14.4 Å². The molecule has 0 saturated carbocycles. The van der Waals surface area contributed by atoms with E-state index in [1.807, 2.05) is 0 Å². The van der Waals surface area contributed by atoms with Crippen molar-refractivity contribution in [2.75, 3.05) is 13.1 Å². The molecule has 0 fully saturated rings. The molecule has 1 atom stereocenters. The molecule has 0 aromatic carbocycles. The Morgan fingerprint density at radius 2 is 2.44 bits per heavy atom. The summed E-state index contributed by atoms with van der Waals surface area (Å²) in [7, 11) is 0. The summed E-state index contributed by atoms with van der Waals surface area (Å²) in [6.45, 7) is 2.41. The van der Waals surface area contributed by atoms with E-state index in [9.17, 15) is 9.59 Å². The predicted molar refractivity (Wildman–Crippen MR) is 55.6 cm³/mol. The number of amides is 1. The third kappa shape index (κ3) is 2.51. The largest absolute Gasteiger partial charge is 0.477 e. The van der Waals surface area contributed by atoms with Gasteiger partial charge in [-0.2, -0.15) is 0 Å². The van der Waals surface area contributed by atoms with Gasteiger partial charge in [-0.1, -0.05) is 11.1 Å². The number of likely N-dealkylation sites (N-methyl/N-ethyl adjacent to an activating group) is 1. The molecule has 1 heterocycles. The van der Waals surface area contributed by atoms with Crippen molar-refractivity contribution in [3.05, 3.63) is 0 Å². The van der Waals surface area contributed by atoms with Crippen molar-refractivity contribution in [3.63, 3.8) is 0 Å². The van der Waals surface area contributed by atoms with E-state index in [0.717, 1.165) is 0 Å². The van der Waals surface area contributed by atoms with Gasteiger partial charge in [0, 0.05) is 13.0 Å². The summed E-state index contributed by atoms with van der Waals surface area (Å²) in [5.41, 5.74) is -0.143. The molecule has 0 spiro atoms. The first kappa shape index (κ1) is 12.0. The zero-order valence-electron chi connectivity index (χ0n) is 8.84. The second-order valence-corrected chi connectivity index (χ2v) is 3.20. The normalized spacial score (nSPS) is 18.2. The number of terminal acetylenes is 1. The Bertz CT molecular complexity index is 370. The van der Waals surface area contributed by atoms with Gasteiger partial charge in [0.1, 0.15) is 0 Å². The monoisotopic (exact) mass is 224 g/mol. The molecular formula is C10H12N2O4. The minimum Gasteiger partial charge on any atom is -0.477 e. The van der Waals surface area contributed by atoms with Crippen LogP contribution >= 0.6 is 0 Å². The van der Waals surface area contributed by atoms with E-state index in [2.05, 4.69) is 11.1 Å². The number of hydrogen-bond acceptors (Lipinski definition) is 4. The van der Waals surface area contributed by atoms with Crippen LogP contribution in [0.2, 0.25) is 0 Å². The highest BCUT2D eigenvalue weighted by atomic mass is 16.6. The first-order chi connectivity index (χ1) is 7.60. The smallest absolute Gasteiger partial charge is 0.353 e. The number of oxime groups is 1. The molecule has 1 aliphatic heterocycles. The Morgan fingerprint density at radius 3 is 2.88 bits per heavy atom. The van der Waals surface area contributed by atoms with E-state index in [1.54, 1.807) is 6.92 Å². The molecular weight excluding hydrogens is 212 g/mol. The minimum absolute atomic E-state index is 0.0186. The van der Waals surface area contributed by atoms with Crippen LogP contribution < -0.4 is 0 Å². The van der Waals surface area contributed by atoms with E-state index in [0.29, 0.717) is 6.54 Å². The van der Waals surface area contributed by atoms with E-state index < -0.39 is 12.1 Å². The second kappa shape index (κ2) is 5.16. The molecule has 6 nitrogen and oxygen atoms in total. The predicted octanol–water partition coefficient (Wildman–Crippen LogP) is -0.302. The van der Waals surface area contributed by atoms with Crippen LogP contribution in [-0.4, -0.2) is 46.8 Å². The lowest BCUT2D eigenvalue weighted by molar-refractivity contribution is -0.141. The average molecular weight is 224 g/mol. The SMILES string of the molecule is C#CCN(CC)C(=O)C1CC(C(=O)O)=NO1. The van der Waals surface area contributed by atoms with Gasteiger partial charge in [-0.25, -0.2) is 4.79 Å². The van der Waals surface area contributed by atoms with E-state index in [4.69, 9.17) is 16.4 Å². The highest BCUT2D eigenvalue weighted by Crippen LogP contribution is 2.13. The standard InChI is InChI=1S/C10H12N2O4/c1-3-5-12(4-2)9(13)8-6-7(10(14)15)11-16-8/h1,8H,4-6H2,2H3,(H,14,15). The summed E-state index contributed by atoms with van der Waals surface area (Å²) >= 11 is 0. The summed E-state index contributed by atoms with van der Waals surface area (Å²) in [5, 5.41) is 12.0. The van der Waals surface area contributed by atoms with E-state index in [1.165, 1.54) is 4.90 Å². The van der Waals surface area contributed by atoms with Crippen LogP contribution in [0.1, 0.15) is 13.3 Å². The lowest BCUT2D eigenvalue weighted by atomic mass is 10.1. The third-order valence-corrected chi connectivity index (χ3v) is 2.17. The number of nitrogens with zero attached hydrogens (tertiary/aromatic N) is 2. The molecule has 0 aromatic heterocycles. The molecule has 16 heavy (non-hydrogen) atoms. The van der Waals surface area contributed by atoms with Crippen LogP contribution in [0.15, 0.2) is 5.16 Å². The molecule has 1 rings (SSSR count). The summed E-state index contributed by atoms with van der Waals surface area (Å²) in [5.74, 6) is 0.849. The molecule has 0 aliphatic carbocycles. The highest BCUT2D eigenvalue weighted by molar-refractivity contribution is 6.36. The fourth-order valence-electron chi connectivity index (χ4n) is 1.30. The zero-order chi connectivity index (χ0) is 12.1. The van der Waals surface area contributed by atoms with Gasteiger partial charge in [0.2, 0.25) is 6.10 Å². The Kier molecular flexibility index (Phi) is 3.89. The maximum atomic E-state index is 11.8. The molecule has 0 bridgehead atoms. The number of carboxylic acid groups (broad SMARTS) is 1. The van der Waals surface area contributed by atoms with Crippen molar-refractivity contribution < 1.29 is 19.5 Å². The maximum Gasteiger partial charge on any atom is 0.353 e. The van der Waals surface area contributed by atoms with Crippen LogP contribution in [0, 0.1) is 12.3 Å². The number of carbonyl (C=O) groups is 2. The number of hydrogen-bond donors (Lipinski definition) is 1. The summed E-state index contributed by atoms with van der Waals surface area (Å²) < 4.78 is 0. The fourth-order valence-corrected chi connectivity index (χ4v) is 1.30. The van der Waals surface area contributed by atoms with Crippen molar-refractivity contribution in [1.29, 1.82) is 0 Å². The number of aliphatic carboxylic acids is 1. The van der Waals surface area contributed by atoms with E-state index >= 15 is 0 Å². The van der Waals surface area contributed by atoms with E-state index in [-0.39, 0.29) is 24.6 Å². The Balaban J connectivity index is 2.59. The van der Waals surface area contributed by atoms with Crippen molar-refractivity contribution in [1.82, 2.24) is 4.90 Å². The van der Waals surface area contributed by atoms with Gasteiger partial charge in [0.15, 0.2) is 5.71 Å². The second-order valence-electron chi connectivity index (χ2n) is 3.20. The topological polar surface area (TPSA) is 79.2 Å². The summed E-state index contributed by atoms with van der Waals surface area (Å²) in [4.78, 5) is 28.5. The van der Waals surface area contributed by atoms with Gasteiger partial charge in [-0.05, 0) is 6.92 Å². The van der Waals surface area contributed by atoms with Gasteiger partial charge in [-0.3, -0.25) is 4.79 Å². The van der Waals surface area contributed by atoms with Crippen LogP contribution in [0.4, 0.5) is 0 Å². The molecule has 1 amide bonds. The quantitative estimate of drug-likeness (QED) is 0.665. The minimum atomic E-state index is -1.17. The van der Waals surface area contributed by atoms with Crippen LogP contribution in [0.5, 0.6) is 0 Å². The summed E-state index contributed by atoms with van der Waals surface area (Å²) in [6.07, 6.45) is 4.23. The Morgan fingerprint density at radius 1 is 1.75 bits per heavy atom. The van der Waals surface area contributed by atoms with Gasteiger partial charge in [0.05, 0.1) is 6.54 Å².